The molecule has 0 unspecified atom stereocenters. The van der Waals surface area contributed by atoms with E-state index in [1.807, 2.05) is 0 Å². The van der Waals surface area contributed by atoms with Crippen LogP contribution in [0.5, 0.6) is 0 Å². The highest BCUT2D eigenvalue weighted by Gasteiger charge is 2.30. The van der Waals surface area contributed by atoms with E-state index in [0.29, 0.717) is 12.5 Å². The number of rotatable bonds is 2. The predicted molar refractivity (Wildman–Crippen MR) is 95.7 cm³/mol. The molecule has 5 heteroatoms. The van der Waals surface area contributed by atoms with Gasteiger partial charge in [-0.05, 0) is 41.5 Å². The number of nitrogens with zero attached hydrogens (tertiary/aromatic N) is 4. The summed E-state index contributed by atoms with van der Waals surface area (Å²) in [4.78, 5) is 21.9. The van der Waals surface area contributed by atoms with Crippen molar-refractivity contribution < 1.29 is 4.79 Å². The van der Waals surface area contributed by atoms with Crippen molar-refractivity contribution in [3.8, 4) is 0 Å². The zero-order valence-corrected chi connectivity index (χ0v) is 16.1. The first-order chi connectivity index (χ1) is 10.6. The maximum atomic E-state index is 12.6. The third kappa shape index (κ3) is 5.16. The van der Waals surface area contributed by atoms with Gasteiger partial charge in [0.1, 0.15) is 0 Å². The monoisotopic (exact) mass is 324 g/mol. The maximum absolute atomic E-state index is 12.6. The molecule has 0 aliphatic carbocycles. The Morgan fingerprint density at radius 1 is 0.696 bits per heavy atom. The van der Waals surface area contributed by atoms with Gasteiger partial charge in [0, 0.05) is 63.4 Å². The minimum absolute atomic E-state index is 0.207. The lowest BCUT2D eigenvalue weighted by atomic mass is 10.0. The van der Waals surface area contributed by atoms with Gasteiger partial charge in [0.15, 0.2) is 0 Å². The molecule has 0 bridgehead atoms. The summed E-state index contributed by atoms with van der Waals surface area (Å²) in [5.74, 6) is 0.308. The molecule has 2 heterocycles. The Bertz CT molecular complexity index is 394. The molecular formula is C18H36N4O. The highest BCUT2D eigenvalue weighted by molar-refractivity contribution is 5.78. The predicted octanol–water partition coefficient (Wildman–Crippen LogP) is 1.35. The minimum Gasteiger partial charge on any atom is -0.339 e. The van der Waals surface area contributed by atoms with Gasteiger partial charge in [-0.3, -0.25) is 19.5 Å². The van der Waals surface area contributed by atoms with E-state index in [1.54, 1.807) is 0 Å². The van der Waals surface area contributed by atoms with Crippen molar-refractivity contribution in [2.24, 2.45) is 0 Å². The van der Waals surface area contributed by atoms with Crippen LogP contribution in [-0.4, -0.2) is 95.5 Å². The van der Waals surface area contributed by atoms with E-state index >= 15 is 0 Å². The molecule has 0 N–H and O–H groups in total. The van der Waals surface area contributed by atoms with Crippen molar-refractivity contribution in [2.45, 2.75) is 52.6 Å². The van der Waals surface area contributed by atoms with E-state index in [4.69, 9.17) is 0 Å². The Morgan fingerprint density at radius 3 is 1.48 bits per heavy atom. The first-order valence-corrected chi connectivity index (χ1v) is 9.07. The molecule has 0 atom stereocenters. The highest BCUT2D eigenvalue weighted by Crippen LogP contribution is 2.17. The molecule has 0 aromatic rings. The third-order valence-corrected chi connectivity index (χ3v) is 5.26. The number of hydrogen-bond donors (Lipinski definition) is 0. The second kappa shape index (κ2) is 7.08. The molecule has 23 heavy (non-hydrogen) atoms. The maximum Gasteiger partial charge on any atom is 0.236 e. The molecule has 0 saturated carbocycles. The second-order valence-corrected chi connectivity index (χ2v) is 8.97. The van der Waals surface area contributed by atoms with Gasteiger partial charge in [-0.25, -0.2) is 0 Å². The van der Waals surface area contributed by atoms with Crippen molar-refractivity contribution in [1.82, 2.24) is 19.6 Å². The number of piperazine rings is 2. The number of hydrogen-bond acceptors (Lipinski definition) is 4. The zero-order valence-electron chi connectivity index (χ0n) is 16.1. The van der Waals surface area contributed by atoms with E-state index in [9.17, 15) is 4.79 Å². The average Bonchev–Trinajstić information content (AvgIpc) is 2.46. The Hall–Kier alpha value is -0.650. The van der Waals surface area contributed by atoms with Crippen molar-refractivity contribution in [3.05, 3.63) is 0 Å². The summed E-state index contributed by atoms with van der Waals surface area (Å²) in [7, 11) is 0. The van der Waals surface area contributed by atoms with Crippen LogP contribution < -0.4 is 0 Å². The first-order valence-electron chi connectivity index (χ1n) is 9.07. The van der Waals surface area contributed by atoms with E-state index < -0.39 is 0 Å². The van der Waals surface area contributed by atoms with Gasteiger partial charge in [0.05, 0.1) is 6.54 Å². The summed E-state index contributed by atoms with van der Waals surface area (Å²) < 4.78 is 0. The van der Waals surface area contributed by atoms with Crippen LogP contribution in [0.2, 0.25) is 0 Å². The van der Waals surface area contributed by atoms with Crippen molar-refractivity contribution in [1.29, 1.82) is 0 Å². The largest absolute Gasteiger partial charge is 0.339 e. The minimum atomic E-state index is 0.207. The summed E-state index contributed by atoms with van der Waals surface area (Å²) in [5.41, 5.74) is 0.442. The highest BCUT2D eigenvalue weighted by atomic mass is 16.2. The van der Waals surface area contributed by atoms with Gasteiger partial charge >= 0.3 is 0 Å². The number of carbonyl (C=O) groups is 1. The molecule has 134 valence electrons. The van der Waals surface area contributed by atoms with Crippen LogP contribution in [0.15, 0.2) is 0 Å². The molecule has 0 spiro atoms. The normalized spacial score (nSPS) is 23.3. The standard InChI is InChI=1S/C18H36N4O/c1-17(2,3)21-11-7-19(8-12-21)15-16(23)20-9-13-22(14-10-20)18(4,5)6/h7-15H2,1-6H3. The summed E-state index contributed by atoms with van der Waals surface area (Å²) in [5, 5.41) is 0. The topological polar surface area (TPSA) is 30.0 Å². The molecule has 0 radical (unpaired) electrons. The van der Waals surface area contributed by atoms with E-state index in [0.717, 1.165) is 52.4 Å². The lowest BCUT2D eigenvalue weighted by Gasteiger charge is -2.44. The number of amides is 1. The van der Waals surface area contributed by atoms with Crippen LogP contribution in [0.1, 0.15) is 41.5 Å². The van der Waals surface area contributed by atoms with E-state index in [1.165, 1.54) is 0 Å². The SMILES string of the molecule is CC(C)(C)N1CCN(CC(=O)N2CCN(C(C)(C)C)CC2)CC1. The molecule has 0 aromatic heterocycles. The fraction of sp³-hybridized carbons (Fsp3) is 0.944. The van der Waals surface area contributed by atoms with Crippen molar-refractivity contribution in [2.75, 3.05) is 58.9 Å². The molecule has 2 rings (SSSR count). The molecule has 1 amide bonds. The quantitative estimate of drug-likeness (QED) is 0.767. The van der Waals surface area contributed by atoms with Crippen LogP contribution >= 0.6 is 0 Å². The Kier molecular flexibility index (Phi) is 5.75. The lowest BCUT2D eigenvalue weighted by molar-refractivity contribution is -0.135. The molecule has 2 aliphatic rings. The van der Waals surface area contributed by atoms with E-state index in [2.05, 4.69) is 61.1 Å². The van der Waals surface area contributed by atoms with Crippen LogP contribution in [-0.2, 0) is 4.79 Å². The average molecular weight is 325 g/mol. The van der Waals surface area contributed by atoms with Gasteiger partial charge in [-0.15, -0.1) is 0 Å². The molecule has 2 aliphatic heterocycles. The van der Waals surface area contributed by atoms with Crippen LogP contribution in [0.25, 0.3) is 0 Å². The third-order valence-electron chi connectivity index (χ3n) is 5.26. The Morgan fingerprint density at radius 2 is 1.09 bits per heavy atom. The fourth-order valence-corrected chi connectivity index (χ4v) is 3.49. The van der Waals surface area contributed by atoms with Gasteiger partial charge in [0.25, 0.3) is 0 Å². The van der Waals surface area contributed by atoms with Crippen molar-refractivity contribution in [3.63, 3.8) is 0 Å². The van der Waals surface area contributed by atoms with Crippen molar-refractivity contribution >= 4 is 5.91 Å². The second-order valence-electron chi connectivity index (χ2n) is 8.97. The zero-order chi connectivity index (χ0) is 17.3. The molecular weight excluding hydrogens is 288 g/mol. The first kappa shape index (κ1) is 18.7. The molecule has 2 fully saturated rings. The van der Waals surface area contributed by atoms with Gasteiger partial charge < -0.3 is 4.90 Å². The lowest BCUT2D eigenvalue weighted by Crippen LogP contribution is -2.58. The molecule has 5 nitrogen and oxygen atoms in total. The van der Waals surface area contributed by atoms with Gasteiger partial charge in [-0.1, -0.05) is 0 Å². The summed E-state index contributed by atoms with van der Waals surface area (Å²) in [6.45, 7) is 22.0. The van der Waals surface area contributed by atoms with Gasteiger partial charge in [0.2, 0.25) is 5.91 Å². The molecule has 2 saturated heterocycles. The van der Waals surface area contributed by atoms with Crippen LogP contribution in [0.4, 0.5) is 0 Å². The molecule has 0 aromatic carbocycles. The smallest absolute Gasteiger partial charge is 0.236 e. The van der Waals surface area contributed by atoms with Crippen LogP contribution in [0, 0.1) is 0 Å². The summed E-state index contributed by atoms with van der Waals surface area (Å²) >= 11 is 0. The van der Waals surface area contributed by atoms with Crippen LogP contribution in [0.3, 0.4) is 0 Å². The van der Waals surface area contributed by atoms with Gasteiger partial charge in [-0.2, -0.15) is 0 Å². The summed E-state index contributed by atoms with van der Waals surface area (Å²) in [6, 6.07) is 0. The van der Waals surface area contributed by atoms with E-state index in [-0.39, 0.29) is 11.1 Å². The summed E-state index contributed by atoms with van der Waals surface area (Å²) in [6.07, 6.45) is 0. The Balaban J connectivity index is 1.74. The number of carbonyl (C=O) groups excluding carboxylic acids is 1. The Labute approximate surface area is 142 Å². The fourth-order valence-electron chi connectivity index (χ4n) is 3.49.